The van der Waals surface area contributed by atoms with Gasteiger partial charge in [-0.2, -0.15) is 5.10 Å². The lowest BCUT2D eigenvalue weighted by atomic mass is 10.1. The van der Waals surface area contributed by atoms with Crippen LogP contribution in [0.1, 0.15) is 35.4 Å². The minimum absolute atomic E-state index is 0.0699. The maximum absolute atomic E-state index is 12.6. The second kappa shape index (κ2) is 7.41. The Morgan fingerprint density at radius 2 is 2.13 bits per heavy atom. The summed E-state index contributed by atoms with van der Waals surface area (Å²) in [6.45, 7) is 8.70. The number of aryl methyl sites for hydroxylation is 2. The lowest BCUT2D eigenvalue weighted by molar-refractivity contribution is -0.133. The molecular weight excluding hydrogens is 294 g/mol. The molecule has 0 spiro atoms. The van der Waals surface area contributed by atoms with Crippen molar-refractivity contribution in [2.24, 2.45) is 0 Å². The Labute approximate surface area is 136 Å². The Morgan fingerprint density at radius 3 is 2.65 bits per heavy atom. The van der Waals surface area contributed by atoms with Gasteiger partial charge in [0.15, 0.2) is 0 Å². The van der Waals surface area contributed by atoms with Gasteiger partial charge in [-0.15, -0.1) is 0 Å². The molecule has 2 heterocycles. The van der Waals surface area contributed by atoms with Crippen molar-refractivity contribution in [2.75, 3.05) is 13.2 Å². The number of carbonyl (C=O) groups is 1. The molecule has 0 fully saturated rings. The van der Waals surface area contributed by atoms with Crippen molar-refractivity contribution in [3.63, 3.8) is 0 Å². The predicted octanol–water partition coefficient (Wildman–Crippen LogP) is 1.11. The summed E-state index contributed by atoms with van der Waals surface area (Å²) < 4.78 is 1.75. The second-order valence-electron chi connectivity index (χ2n) is 5.69. The van der Waals surface area contributed by atoms with E-state index in [1.54, 1.807) is 15.8 Å². The van der Waals surface area contributed by atoms with Gasteiger partial charge in [-0.1, -0.05) is 6.92 Å². The standard InChI is InChI=1S/C16H25N5O2/c1-5-15-11(2)19-21(12(15)3)10-16(23)20(6-7-22)9-14-8-17-13(4)18-14/h8,22H,5-7,9-10H2,1-4H3,(H,17,18). The summed E-state index contributed by atoms with van der Waals surface area (Å²) in [5, 5.41) is 13.7. The van der Waals surface area contributed by atoms with Crippen LogP contribution in [-0.2, 0) is 24.3 Å². The summed E-state index contributed by atoms with van der Waals surface area (Å²) >= 11 is 0. The summed E-state index contributed by atoms with van der Waals surface area (Å²) in [7, 11) is 0. The van der Waals surface area contributed by atoms with Gasteiger partial charge in [0.25, 0.3) is 0 Å². The molecule has 1 amide bonds. The highest BCUT2D eigenvalue weighted by Gasteiger charge is 2.18. The zero-order chi connectivity index (χ0) is 17.0. The Morgan fingerprint density at radius 1 is 1.39 bits per heavy atom. The van der Waals surface area contributed by atoms with E-state index in [1.165, 1.54) is 5.56 Å². The molecule has 0 saturated heterocycles. The number of amides is 1. The number of rotatable bonds is 7. The molecule has 2 rings (SSSR count). The second-order valence-corrected chi connectivity index (χ2v) is 5.69. The number of aliphatic hydroxyl groups is 1. The third kappa shape index (κ3) is 3.98. The van der Waals surface area contributed by atoms with Crippen LogP contribution in [-0.4, -0.2) is 48.8 Å². The topological polar surface area (TPSA) is 87.0 Å². The van der Waals surface area contributed by atoms with Gasteiger partial charge in [-0.25, -0.2) is 4.98 Å². The Balaban J connectivity index is 2.12. The van der Waals surface area contributed by atoms with Crippen LogP contribution in [0.3, 0.4) is 0 Å². The SMILES string of the molecule is CCc1c(C)nn(CC(=O)N(CCO)Cc2cnc(C)[nH]2)c1C. The fourth-order valence-electron chi connectivity index (χ4n) is 2.80. The lowest BCUT2D eigenvalue weighted by Gasteiger charge is -2.21. The van der Waals surface area contributed by atoms with Gasteiger partial charge >= 0.3 is 0 Å². The fraction of sp³-hybridized carbons (Fsp3) is 0.562. The van der Waals surface area contributed by atoms with Crippen LogP contribution in [0.15, 0.2) is 6.20 Å². The molecule has 23 heavy (non-hydrogen) atoms. The van der Waals surface area contributed by atoms with E-state index in [0.717, 1.165) is 29.3 Å². The molecule has 0 unspecified atom stereocenters. The molecule has 0 saturated carbocycles. The Hall–Kier alpha value is -2.15. The molecule has 2 aromatic rings. The summed E-state index contributed by atoms with van der Waals surface area (Å²) in [5.41, 5.74) is 4.04. The van der Waals surface area contributed by atoms with Crippen LogP contribution >= 0.6 is 0 Å². The maximum Gasteiger partial charge on any atom is 0.244 e. The number of aromatic nitrogens is 4. The normalized spacial score (nSPS) is 11.0. The molecule has 0 radical (unpaired) electrons. The molecule has 0 aliphatic rings. The van der Waals surface area contributed by atoms with Crippen LogP contribution in [0.2, 0.25) is 0 Å². The largest absolute Gasteiger partial charge is 0.395 e. The summed E-state index contributed by atoms with van der Waals surface area (Å²) in [5.74, 6) is 0.738. The molecule has 7 heteroatoms. The third-order valence-corrected chi connectivity index (χ3v) is 4.01. The van der Waals surface area contributed by atoms with Crippen molar-refractivity contribution in [1.29, 1.82) is 0 Å². The first kappa shape index (κ1) is 17.2. The van der Waals surface area contributed by atoms with Crippen molar-refractivity contribution in [1.82, 2.24) is 24.6 Å². The molecule has 0 aliphatic heterocycles. The summed E-state index contributed by atoms with van der Waals surface area (Å²) in [6.07, 6.45) is 2.62. The van der Waals surface area contributed by atoms with E-state index in [2.05, 4.69) is 22.0 Å². The minimum Gasteiger partial charge on any atom is -0.395 e. The molecule has 0 aromatic carbocycles. The quantitative estimate of drug-likeness (QED) is 0.800. The smallest absolute Gasteiger partial charge is 0.244 e. The number of nitrogens with zero attached hydrogens (tertiary/aromatic N) is 4. The van der Waals surface area contributed by atoms with E-state index in [1.807, 2.05) is 20.8 Å². The number of imidazole rings is 1. The molecule has 7 nitrogen and oxygen atoms in total. The number of hydrogen-bond donors (Lipinski definition) is 2. The summed E-state index contributed by atoms with van der Waals surface area (Å²) in [4.78, 5) is 21.5. The van der Waals surface area contributed by atoms with Gasteiger partial charge in [0, 0.05) is 12.2 Å². The van der Waals surface area contributed by atoms with Gasteiger partial charge in [-0.3, -0.25) is 9.48 Å². The van der Waals surface area contributed by atoms with Crippen molar-refractivity contribution in [3.8, 4) is 0 Å². The molecule has 2 N–H and O–H groups in total. The highest BCUT2D eigenvalue weighted by molar-refractivity contribution is 5.76. The molecular formula is C16H25N5O2. The zero-order valence-corrected chi connectivity index (χ0v) is 14.3. The highest BCUT2D eigenvalue weighted by atomic mass is 16.3. The number of aliphatic hydroxyl groups excluding tert-OH is 1. The predicted molar refractivity (Wildman–Crippen MR) is 86.9 cm³/mol. The first-order valence-corrected chi connectivity index (χ1v) is 7.88. The highest BCUT2D eigenvalue weighted by Crippen LogP contribution is 2.14. The van der Waals surface area contributed by atoms with Gasteiger partial charge < -0.3 is 15.0 Å². The van der Waals surface area contributed by atoms with Crippen molar-refractivity contribution < 1.29 is 9.90 Å². The average Bonchev–Trinajstić information content (AvgIpc) is 3.02. The number of carbonyl (C=O) groups excluding carboxylic acids is 1. The minimum atomic E-state index is -0.0732. The molecule has 0 bridgehead atoms. The van der Waals surface area contributed by atoms with Crippen LogP contribution in [0.5, 0.6) is 0 Å². The molecule has 0 aliphatic carbocycles. The van der Waals surface area contributed by atoms with E-state index in [9.17, 15) is 9.90 Å². The fourth-order valence-corrected chi connectivity index (χ4v) is 2.80. The first-order chi connectivity index (χ1) is 11.0. The van der Waals surface area contributed by atoms with Gasteiger partial charge in [0.1, 0.15) is 12.4 Å². The number of hydrogen-bond acceptors (Lipinski definition) is 4. The van der Waals surface area contributed by atoms with E-state index in [0.29, 0.717) is 6.54 Å². The van der Waals surface area contributed by atoms with Crippen molar-refractivity contribution >= 4 is 5.91 Å². The molecule has 0 atom stereocenters. The lowest BCUT2D eigenvalue weighted by Crippen LogP contribution is -2.36. The van der Waals surface area contributed by atoms with E-state index >= 15 is 0 Å². The van der Waals surface area contributed by atoms with E-state index < -0.39 is 0 Å². The Bertz CT molecular complexity index is 674. The third-order valence-electron chi connectivity index (χ3n) is 4.01. The van der Waals surface area contributed by atoms with Gasteiger partial charge in [-0.05, 0) is 32.8 Å². The van der Waals surface area contributed by atoms with E-state index in [-0.39, 0.29) is 25.6 Å². The Kier molecular flexibility index (Phi) is 5.54. The van der Waals surface area contributed by atoms with Crippen molar-refractivity contribution in [3.05, 3.63) is 34.7 Å². The van der Waals surface area contributed by atoms with Gasteiger partial charge in [0.2, 0.25) is 5.91 Å². The zero-order valence-electron chi connectivity index (χ0n) is 14.3. The molecule has 126 valence electrons. The average molecular weight is 319 g/mol. The van der Waals surface area contributed by atoms with Crippen LogP contribution in [0.4, 0.5) is 0 Å². The summed E-state index contributed by atoms with van der Waals surface area (Å²) in [6, 6.07) is 0. The maximum atomic E-state index is 12.6. The number of H-pyrrole nitrogens is 1. The van der Waals surface area contributed by atoms with E-state index in [4.69, 9.17) is 0 Å². The first-order valence-electron chi connectivity index (χ1n) is 7.88. The number of aromatic amines is 1. The van der Waals surface area contributed by atoms with Crippen LogP contribution < -0.4 is 0 Å². The van der Waals surface area contributed by atoms with Crippen LogP contribution in [0, 0.1) is 20.8 Å². The van der Waals surface area contributed by atoms with Gasteiger partial charge in [0.05, 0.1) is 30.7 Å². The number of nitrogens with one attached hydrogen (secondary N) is 1. The molecule has 2 aromatic heterocycles. The van der Waals surface area contributed by atoms with Crippen LogP contribution in [0.25, 0.3) is 0 Å². The van der Waals surface area contributed by atoms with Crippen molar-refractivity contribution in [2.45, 2.75) is 47.2 Å². The monoisotopic (exact) mass is 319 g/mol.